The van der Waals surface area contributed by atoms with Crippen LogP contribution in [0.15, 0.2) is 42.5 Å². The summed E-state index contributed by atoms with van der Waals surface area (Å²) in [4.78, 5) is 12.3. The van der Waals surface area contributed by atoms with Crippen molar-refractivity contribution in [1.29, 1.82) is 0 Å². The number of halogens is 1. The van der Waals surface area contributed by atoms with Gasteiger partial charge in [0.05, 0.1) is 17.7 Å². The Morgan fingerprint density at radius 1 is 1.22 bits per heavy atom. The fourth-order valence-corrected chi connectivity index (χ4v) is 2.91. The van der Waals surface area contributed by atoms with Crippen LogP contribution in [0.1, 0.15) is 23.0 Å². The van der Waals surface area contributed by atoms with Crippen molar-refractivity contribution in [2.45, 2.75) is 13.8 Å². The van der Waals surface area contributed by atoms with Crippen molar-refractivity contribution in [1.82, 2.24) is 4.57 Å². The lowest BCUT2D eigenvalue weighted by Crippen LogP contribution is -2.07. The number of carbonyl (C=O) groups excluding carboxylic acids is 1. The van der Waals surface area contributed by atoms with Crippen LogP contribution in [0.4, 0.5) is 0 Å². The monoisotopic (exact) mass is 329 g/mol. The summed E-state index contributed by atoms with van der Waals surface area (Å²) < 4.78 is 7.09. The molecule has 0 saturated heterocycles. The lowest BCUT2D eigenvalue weighted by Gasteiger charge is -2.09. The third-order valence-electron chi connectivity index (χ3n) is 3.75. The predicted molar refractivity (Wildman–Crippen MR) is 90.6 cm³/mol. The molecule has 0 saturated carbocycles. The van der Waals surface area contributed by atoms with Crippen molar-refractivity contribution < 1.29 is 14.6 Å². The zero-order valence-corrected chi connectivity index (χ0v) is 13.6. The zero-order valence-electron chi connectivity index (χ0n) is 12.8. The number of rotatable bonds is 3. The number of ether oxygens (including phenoxy) is 1. The van der Waals surface area contributed by atoms with Gasteiger partial charge in [-0.1, -0.05) is 11.6 Å². The van der Waals surface area contributed by atoms with Crippen molar-refractivity contribution in [2.75, 3.05) is 6.61 Å². The lowest BCUT2D eigenvalue weighted by molar-refractivity contribution is 0.0527. The maximum Gasteiger partial charge on any atom is 0.340 e. The number of aromatic hydroxyl groups is 1. The van der Waals surface area contributed by atoms with Gasteiger partial charge in [0.2, 0.25) is 0 Å². The van der Waals surface area contributed by atoms with Crippen LogP contribution < -0.4 is 0 Å². The number of benzene rings is 2. The normalized spacial score (nSPS) is 10.9. The number of carbonyl (C=O) groups is 1. The molecule has 1 heterocycles. The van der Waals surface area contributed by atoms with E-state index in [0.717, 1.165) is 22.3 Å². The SMILES string of the molecule is CCOC(=O)c1c(C)n(-c2ccc(Cl)cc2)c2cc(O)ccc12. The Balaban J connectivity index is 2.32. The first kappa shape index (κ1) is 15.4. The first-order valence-electron chi connectivity index (χ1n) is 7.30. The molecule has 23 heavy (non-hydrogen) atoms. The second kappa shape index (κ2) is 5.97. The molecule has 3 rings (SSSR count). The predicted octanol–water partition coefficient (Wildman–Crippen LogP) is 4.47. The van der Waals surface area contributed by atoms with Gasteiger partial charge in [-0.3, -0.25) is 0 Å². The summed E-state index contributed by atoms with van der Waals surface area (Å²) in [5.41, 5.74) is 2.87. The molecular weight excluding hydrogens is 314 g/mol. The molecule has 3 aromatic rings. The van der Waals surface area contributed by atoms with Gasteiger partial charge in [-0.15, -0.1) is 0 Å². The van der Waals surface area contributed by atoms with Crippen LogP contribution in [0.25, 0.3) is 16.6 Å². The largest absolute Gasteiger partial charge is 0.508 e. The van der Waals surface area contributed by atoms with Gasteiger partial charge in [-0.2, -0.15) is 0 Å². The molecule has 4 nitrogen and oxygen atoms in total. The molecule has 0 amide bonds. The molecule has 0 radical (unpaired) electrons. The van der Waals surface area contributed by atoms with E-state index in [1.807, 2.05) is 23.6 Å². The Labute approximate surface area is 138 Å². The van der Waals surface area contributed by atoms with Crippen molar-refractivity contribution in [3.63, 3.8) is 0 Å². The molecule has 1 aromatic heterocycles. The second-order valence-electron chi connectivity index (χ2n) is 5.19. The minimum atomic E-state index is -0.367. The minimum absolute atomic E-state index is 0.139. The average Bonchev–Trinajstić information content (AvgIpc) is 2.80. The molecule has 0 aliphatic carbocycles. The first-order valence-corrected chi connectivity index (χ1v) is 7.67. The summed E-state index contributed by atoms with van der Waals surface area (Å²) in [5, 5.41) is 11.2. The van der Waals surface area contributed by atoms with E-state index in [4.69, 9.17) is 16.3 Å². The van der Waals surface area contributed by atoms with E-state index in [0.29, 0.717) is 17.2 Å². The molecule has 0 unspecified atom stereocenters. The first-order chi connectivity index (χ1) is 11.0. The van der Waals surface area contributed by atoms with E-state index in [9.17, 15) is 9.90 Å². The number of aromatic nitrogens is 1. The summed E-state index contributed by atoms with van der Waals surface area (Å²) in [5.74, 6) is -0.228. The van der Waals surface area contributed by atoms with Crippen molar-refractivity contribution >= 4 is 28.5 Å². The third kappa shape index (κ3) is 2.66. The molecule has 1 N–H and O–H groups in total. The highest BCUT2D eigenvalue weighted by molar-refractivity contribution is 6.30. The highest BCUT2D eigenvalue weighted by Crippen LogP contribution is 2.32. The maximum atomic E-state index is 12.3. The average molecular weight is 330 g/mol. The van der Waals surface area contributed by atoms with E-state index in [2.05, 4.69) is 0 Å². The molecule has 118 valence electrons. The molecule has 2 aromatic carbocycles. The van der Waals surface area contributed by atoms with Gasteiger partial charge in [0.15, 0.2) is 0 Å². The number of phenols is 1. The standard InChI is InChI=1S/C18H16ClNO3/c1-3-23-18(22)17-11(2)20(13-6-4-12(19)5-7-13)16-10-14(21)8-9-15(16)17/h4-10,21H,3H2,1-2H3. The third-order valence-corrected chi connectivity index (χ3v) is 4.01. The van der Waals surface area contributed by atoms with Crippen molar-refractivity contribution in [3.8, 4) is 11.4 Å². The Morgan fingerprint density at radius 2 is 1.91 bits per heavy atom. The molecular formula is C18H16ClNO3. The zero-order chi connectivity index (χ0) is 16.6. The van der Waals surface area contributed by atoms with Crippen LogP contribution in [0, 0.1) is 6.92 Å². The summed E-state index contributed by atoms with van der Waals surface area (Å²) in [6.45, 7) is 3.94. The van der Waals surface area contributed by atoms with Gasteiger partial charge in [0.25, 0.3) is 0 Å². The van der Waals surface area contributed by atoms with Crippen molar-refractivity contribution in [3.05, 3.63) is 58.7 Å². The lowest BCUT2D eigenvalue weighted by atomic mass is 10.1. The number of esters is 1. The number of nitrogens with zero attached hydrogens (tertiary/aromatic N) is 1. The number of phenolic OH excluding ortho intramolecular Hbond substituents is 1. The summed E-state index contributed by atoms with van der Waals surface area (Å²) in [7, 11) is 0. The topological polar surface area (TPSA) is 51.5 Å². The van der Waals surface area contributed by atoms with Gasteiger partial charge in [0, 0.05) is 27.9 Å². The van der Waals surface area contributed by atoms with Crippen LogP contribution >= 0.6 is 11.6 Å². The smallest absolute Gasteiger partial charge is 0.340 e. The van der Waals surface area contributed by atoms with E-state index < -0.39 is 0 Å². The Hall–Kier alpha value is -2.46. The van der Waals surface area contributed by atoms with Gasteiger partial charge >= 0.3 is 5.97 Å². The van der Waals surface area contributed by atoms with E-state index in [-0.39, 0.29) is 11.7 Å². The number of fused-ring (bicyclic) bond motifs is 1. The molecule has 0 bridgehead atoms. The maximum absolute atomic E-state index is 12.3. The molecule has 5 heteroatoms. The second-order valence-corrected chi connectivity index (χ2v) is 5.63. The van der Waals surface area contributed by atoms with Crippen LogP contribution in [-0.2, 0) is 4.74 Å². The quantitative estimate of drug-likeness (QED) is 0.721. The fourth-order valence-electron chi connectivity index (χ4n) is 2.79. The van der Waals surface area contributed by atoms with Gasteiger partial charge < -0.3 is 14.4 Å². The van der Waals surface area contributed by atoms with Crippen LogP contribution in [0.3, 0.4) is 0 Å². The summed E-state index contributed by atoms with van der Waals surface area (Å²) in [6, 6.07) is 12.2. The highest BCUT2D eigenvalue weighted by Gasteiger charge is 2.22. The molecule has 0 spiro atoms. The van der Waals surface area contributed by atoms with Crippen LogP contribution in [0.2, 0.25) is 5.02 Å². The van der Waals surface area contributed by atoms with Crippen molar-refractivity contribution in [2.24, 2.45) is 0 Å². The van der Waals surface area contributed by atoms with Crippen LogP contribution in [-0.4, -0.2) is 22.2 Å². The Kier molecular flexibility index (Phi) is 4.01. The molecule has 0 atom stereocenters. The van der Waals surface area contributed by atoms with E-state index in [1.165, 1.54) is 0 Å². The summed E-state index contributed by atoms with van der Waals surface area (Å²) >= 11 is 5.96. The molecule has 0 fully saturated rings. The number of hydrogen-bond donors (Lipinski definition) is 1. The molecule has 0 aliphatic rings. The van der Waals surface area contributed by atoms with Gasteiger partial charge in [-0.05, 0) is 50.2 Å². The minimum Gasteiger partial charge on any atom is -0.508 e. The number of hydrogen-bond acceptors (Lipinski definition) is 3. The Morgan fingerprint density at radius 3 is 2.57 bits per heavy atom. The van der Waals surface area contributed by atoms with Crippen LogP contribution in [0.5, 0.6) is 5.75 Å². The fraction of sp³-hybridized carbons (Fsp3) is 0.167. The van der Waals surface area contributed by atoms with E-state index in [1.54, 1.807) is 37.3 Å². The van der Waals surface area contributed by atoms with Gasteiger partial charge in [-0.25, -0.2) is 4.79 Å². The Bertz CT molecular complexity index is 881. The molecule has 0 aliphatic heterocycles. The van der Waals surface area contributed by atoms with Gasteiger partial charge in [0.1, 0.15) is 5.75 Å². The highest BCUT2D eigenvalue weighted by atomic mass is 35.5. The van der Waals surface area contributed by atoms with E-state index >= 15 is 0 Å². The summed E-state index contributed by atoms with van der Waals surface area (Å²) in [6.07, 6.45) is 0.